The molecule has 0 spiro atoms. The summed E-state index contributed by atoms with van der Waals surface area (Å²) in [5.41, 5.74) is -0.0131. The summed E-state index contributed by atoms with van der Waals surface area (Å²) in [6.45, 7) is 7.32. The SMILES string of the molecule is COC(=O)/C(Cc1ccc(OCCNC(C)=O)cc1)=N/C(=O)OC(C)(C)C. The van der Waals surface area contributed by atoms with Gasteiger partial charge in [-0.15, -0.1) is 0 Å². The Labute approximate surface area is 158 Å². The molecular weight excluding hydrogens is 352 g/mol. The molecule has 0 fully saturated rings. The predicted octanol–water partition coefficient (Wildman–Crippen LogP) is 2.29. The minimum absolute atomic E-state index is 0.0499. The third-order valence-electron chi connectivity index (χ3n) is 3.08. The summed E-state index contributed by atoms with van der Waals surface area (Å²) in [6, 6.07) is 6.96. The second kappa shape index (κ2) is 10.3. The monoisotopic (exact) mass is 378 g/mol. The first-order chi connectivity index (χ1) is 12.6. The van der Waals surface area contributed by atoms with Crippen LogP contribution in [-0.4, -0.2) is 49.5 Å². The van der Waals surface area contributed by atoms with Crippen LogP contribution in [0.3, 0.4) is 0 Å². The third-order valence-corrected chi connectivity index (χ3v) is 3.08. The van der Waals surface area contributed by atoms with Crippen LogP contribution in [0.1, 0.15) is 33.3 Å². The van der Waals surface area contributed by atoms with Crippen LogP contribution in [-0.2, 0) is 25.5 Å². The molecule has 148 valence electrons. The van der Waals surface area contributed by atoms with Crippen LogP contribution in [0.2, 0.25) is 0 Å². The number of esters is 1. The second-order valence-electron chi connectivity index (χ2n) is 6.68. The predicted molar refractivity (Wildman–Crippen MR) is 100 cm³/mol. The molecular formula is C19H26N2O6. The number of nitrogens with one attached hydrogen (secondary N) is 1. The molecule has 0 bridgehead atoms. The number of aliphatic imine (C=N–C) groups is 1. The van der Waals surface area contributed by atoms with E-state index in [1.807, 2.05) is 0 Å². The van der Waals surface area contributed by atoms with E-state index in [0.717, 1.165) is 5.56 Å². The molecule has 1 aromatic carbocycles. The van der Waals surface area contributed by atoms with Gasteiger partial charge in [0.2, 0.25) is 5.91 Å². The molecule has 0 aliphatic heterocycles. The summed E-state index contributed by atoms with van der Waals surface area (Å²) in [4.78, 5) is 38.3. The van der Waals surface area contributed by atoms with Crippen molar-refractivity contribution >= 4 is 23.7 Å². The Bertz CT molecular complexity index is 689. The highest BCUT2D eigenvalue weighted by Gasteiger charge is 2.19. The average Bonchev–Trinajstić information content (AvgIpc) is 2.57. The standard InChI is InChI=1S/C19H26N2O6/c1-13(22)20-10-11-26-15-8-6-14(7-9-15)12-16(17(23)25-5)21-18(24)27-19(2,3)4/h6-9H,10-12H2,1-5H3,(H,20,22)/b21-16+. The Morgan fingerprint density at radius 3 is 2.26 bits per heavy atom. The minimum atomic E-state index is -0.846. The van der Waals surface area contributed by atoms with Gasteiger partial charge in [-0.05, 0) is 38.5 Å². The minimum Gasteiger partial charge on any atom is -0.492 e. The molecule has 0 saturated heterocycles. The lowest BCUT2D eigenvalue weighted by Gasteiger charge is -2.17. The van der Waals surface area contributed by atoms with Crippen LogP contribution in [0.5, 0.6) is 5.75 Å². The number of benzene rings is 1. The van der Waals surface area contributed by atoms with Gasteiger partial charge in [0.1, 0.15) is 23.7 Å². The van der Waals surface area contributed by atoms with E-state index in [1.165, 1.54) is 14.0 Å². The molecule has 0 unspecified atom stereocenters. The van der Waals surface area contributed by atoms with Gasteiger partial charge in [0.15, 0.2) is 0 Å². The van der Waals surface area contributed by atoms with Gasteiger partial charge in [-0.2, -0.15) is 4.99 Å². The van der Waals surface area contributed by atoms with E-state index in [1.54, 1.807) is 45.0 Å². The van der Waals surface area contributed by atoms with Crippen molar-refractivity contribution in [2.75, 3.05) is 20.3 Å². The van der Waals surface area contributed by atoms with Crippen LogP contribution in [0.15, 0.2) is 29.3 Å². The Hall–Kier alpha value is -2.90. The highest BCUT2D eigenvalue weighted by Crippen LogP contribution is 2.14. The maximum Gasteiger partial charge on any atom is 0.434 e. The summed E-state index contributed by atoms with van der Waals surface area (Å²) in [5.74, 6) is -0.196. The molecule has 0 aliphatic carbocycles. The molecule has 8 heteroatoms. The largest absolute Gasteiger partial charge is 0.492 e. The summed E-state index contributed by atoms with van der Waals surface area (Å²) in [7, 11) is 1.22. The zero-order chi connectivity index (χ0) is 20.4. The van der Waals surface area contributed by atoms with Crippen molar-refractivity contribution in [1.29, 1.82) is 0 Å². The fourth-order valence-electron chi connectivity index (χ4n) is 1.96. The van der Waals surface area contributed by atoms with E-state index in [0.29, 0.717) is 18.9 Å². The molecule has 27 heavy (non-hydrogen) atoms. The lowest BCUT2D eigenvalue weighted by atomic mass is 10.1. The number of amides is 2. The van der Waals surface area contributed by atoms with Crippen molar-refractivity contribution in [2.24, 2.45) is 4.99 Å². The lowest BCUT2D eigenvalue weighted by Crippen LogP contribution is -2.25. The number of hydrogen-bond acceptors (Lipinski definition) is 6. The summed E-state index contributed by atoms with van der Waals surface area (Å²) in [6.07, 6.45) is -0.737. The number of ether oxygens (including phenoxy) is 3. The number of carbonyl (C=O) groups is 3. The van der Waals surface area contributed by atoms with Crippen LogP contribution in [0.4, 0.5) is 4.79 Å². The second-order valence-corrected chi connectivity index (χ2v) is 6.68. The molecule has 1 N–H and O–H groups in total. The van der Waals surface area contributed by atoms with E-state index >= 15 is 0 Å². The molecule has 0 saturated carbocycles. The van der Waals surface area contributed by atoms with Crippen LogP contribution in [0.25, 0.3) is 0 Å². The molecule has 0 atom stereocenters. The number of rotatable bonds is 7. The van der Waals surface area contributed by atoms with Gasteiger partial charge in [-0.25, -0.2) is 9.59 Å². The third kappa shape index (κ3) is 9.39. The van der Waals surface area contributed by atoms with Gasteiger partial charge >= 0.3 is 12.1 Å². The molecule has 0 heterocycles. The van der Waals surface area contributed by atoms with Crippen LogP contribution < -0.4 is 10.1 Å². The molecule has 1 rings (SSSR count). The van der Waals surface area contributed by atoms with Crippen molar-refractivity contribution in [3.8, 4) is 5.75 Å². The Morgan fingerprint density at radius 2 is 1.74 bits per heavy atom. The lowest BCUT2D eigenvalue weighted by molar-refractivity contribution is -0.132. The Morgan fingerprint density at radius 1 is 1.11 bits per heavy atom. The molecule has 0 radical (unpaired) electrons. The molecule has 2 amide bonds. The van der Waals surface area contributed by atoms with E-state index in [-0.39, 0.29) is 18.0 Å². The number of nitrogens with zero attached hydrogens (tertiary/aromatic N) is 1. The van der Waals surface area contributed by atoms with E-state index in [4.69, 9.17) is 9.47 Å². The number of hydrogen-bond donors (Lipinski definition) is 1. The average molecular weight is 378 g/mol. The summed E-state index contributed by atoms with van der Waals surface area (Å²) in [5, 5.41) is 2.63. The molecule has 1 aromatic rings. The fraction of sp³-hybridized carbons (Fsp3) is 0.474. The maximum absolute atomic E-state index is 11.9. The van der Waals surface area contributed by atoms with Crippen molar-refractivity contribution in [2.45, 2.75) is 39.7 Å². The number of carbonyl (C=O) groups excluding carboxylic acids is 3. The first-order valence-corrected chi connectivity index (χ1v) is 8.46. The van der Waals surface area contributed by atoms with E-state index in [9.17, 15) is 14.4 Å². The van der Waals surface area contributed by atoms with Gasteiger partial charge in [-0.3, -0.25) is 4.79 Å². The van der Waals surface area contributed by atoms with E-state index in [2.05, 4.69) is 15.0 Å². The normalized spacial score (nSPS) is 11.5. The highest BCUT2D eigenvalue weighted by molar-refractivity contribution is 6.38. The Kier molecular flexibility index (Phi) is 8.44. The van der Waals surface area contributed by atoms with Crippen LogP contribution >= 0.6 is 0 Å². The zero-order valence-electron chi connectivity index (χ0n) is 16.3. The highest BCUT2D eigenvalue weighted by atomic mass is 16.6. The van der Waals surface area contributed by atoms with Gasteiger partial charge in [0.25, 0.3) is 0 Å². The van der Waals surface area contributed by atoms with Gasteiger partial charge < -0.3 is 19.5 Å². The summed E-state index contributed by atoms with van der Waals surface area (Å²) < 4.78 is 15.3. The smallest absolute Gasteiger partial charge is 0.434 e. The van der Waals surface area contributed by atoms with Gasteiger partial charge in [0, 0.05) is 13.3 Å². The Balaban J connectivity index is 2.74. The number of methoxy groups -OCH3 is 1. The molecule has 0 aliphatic rings. The van der Waals surface area contributed by atoms with Crippen molar-refractivity contribution in [3.63, 3.8) is 0 Å². The molecule has 8 nitrogen and oxygen atoms in total. The fourth-order valence-corrected chi connectivity index (χ4v) is 1.96. The molecule has 0 aromatic heterocycles. The maximum atomic E-state index is 11.9. The van der Waals surface area contributed by atoms with Crippen LogP contribution in [0, 0.1) is 0 Å². The quantitative estimate of drug-likeness (QED) is 0.444. The van der Waals surface area contributed by atoms with E-state index < -0.39 is 17.7 Å². The van der Waals surface area contributed by atoms with Gasteiger partial charge in [-0.1, -0.05) is 12.1 Å². The zero-order valence-corrected chi connectivity index (χ0v) is 16.3. The van der Waals surface area contributed by atoms with Gasteiger partial charge in [0.05, 0.1) is 13.7 Å². The topological polar surface area (TPSA) is 103 Å². The van der Waals surface area contributed by atoms with Crippen molar-refractivity contribution < 1.29 is 28.6 Å². The van der Waals surface area contributed by atoms with Crippen molar-refractivity contribution in [1.82, 2.24) is 5.32 Å². The first kappa shape index (κ1) is 22.1. The van der Waals surface area contributed by atoms with Crippen molar-refractivity contribution in [3.05, 3.63) is 29.8 Å². The summed E-state index contributed by atoms with van der Waals surface area (Å²) >= 11 is 0. The first-order valence-electron chi connectivity index (χ1n) is 8.46.